The van der Waals surface area contributed by atoms with Gasteiger partial charge in [0.25, 0.3) is 11.5 Å². The molecular weight excluding hydrogens is 290 g/mol. The van der Waals surface area contributed by atoms with E-state index in [4.69, 9.17) is 0 Å². The Kier molecular flexibility index (Phi) is 4.28. The monoisotopic (exact) mass is 311 g/mol. The Balaban J connectivity index is 1.96. The van der Waals surface area contributed by atoms with Crippen molar-refractivity contribution >= 4 is 5.91 Å². The van der Waals surface area contributed by atoms with Gasteiger partial charge >= 0.3 is 0 Å². The minimum atomic E-state index is -0.311. The molecule has 0 bridgehead atoms. The number of aromatic nitrogens is 2. The number of carbonyl (C=O) groups is 1. The van der Waals surface area contributed by atoms with Crippen molar-refractivity contribution in [3.63, 3.8) is 0 Å². The molecule has 1 unspecified atom stereocenters. The van der Waals surface area contributed by atoms with Crippen LogP contribution in [-0.2, 0) is 0 Å². The zero-order valence-electron chi connectivity index (χ0n) is 13.5. The summed E-state index contributed by atoms with van der Waals surface area (Å²) in [5.41, 5.74) is 2.66. The topological polar surface area (TPSA) is 66.1 Å². The van der Waals surface area contributed by atoms with E-state index in [1.165, 1.54) is 0 Å². The molecule has 3 rings (SSSR count). The van der Waals surface area contributed by atoms with Crippen molar-refractivity contribution in [2.75, 3.05) is 6.54 Å². The van der Waals surface area contributed by atoms with Crippen molar-refractivity contribution in [2.24, 2.45) is 0 Å². The highest BCUT2D eigenvalue weighted by molar-refractivity contribution is 5.94. The Morgan fingerprint density at radius 2 is 2.17 bits per heavy atom. The first-order valence-corrected chi connectivity index (χ1v) is 7.99. The van der Waals surface area contributed by atoms with Crippen LogP contribution >= 0.6 is 0 Å². The first-order chi connectivity index (χ1) is 11.1. The van der Waals surface area contributed by atoms with Gasteiger partial charge < -0.3 is 9.88 Å². The number of nitrogens with one attached hydrogen (secondary N) is 1. The lowest BCUT2D eigenvalue weighted by Crippen LogP contribution is -2.40. The number of hydrogen-bond acceptors (Lipinski definition) is 3. The number of amides is 1. The summed E-state index contributed by atoms with van der Waals surface area (Å²) in [6, 6.07) is 5.57. The van der Waals surface area contributed by atoms with E-state index in [0.29, 0.717) is 6.54 Å². The number of rotatable bonds is 2. The highest BCUT2D eigenvalue weighted by atomic mass is 16.2. The Hall–Kier alpha value is -2.43. The molecule has 2 aromatic rings. The lowest BCUT2D eigenvalue weighted by atomic mass is 9.95. The molecule has 1 atom stereocenters. The molecule has 1 fully saturated rings. The number of likely N-dealkylation sites (tertiary alicyclic amines) is 1. The number of nitrogens with zero attached hydrogens (tertiary/aromatic N) is 2. The summed E-state index contributed by atoms with van der Waals surface area (Å²) in [7, 11) is 0. The fourth-order valence-electron chi connectivity index (χ4n) is 3.13. The maximum absolute atomic E-state index is 13.0. The maximum Gasteiger partial charge on any atom is 0.261 e. The van der Waals surface area contributed by atoms with Crippen LogP contribution in [0.25, 0.3) is 0 Å². The van der Waals surface area contributed by atoms with Gasteiger partial charge in [-0.3, -0.25) is 14.6 Å². The number of pyridine rings is 2. The van der Waals surface area contributed by atoms with Crippen molar-refractivity contribution < 1.29 is 4.79 Å². The molecule has 1 aliphatic heterocycles. The summed E-state index contributed by atoms with van der Waals surface area (Å²) >= 11 is 0. The molecule has 0 radical (unpaired) electrons. The number of aryl methyl sites for hydroxylation is 2. The summed E-state index contributed by atoms with van der Waals surface area (Å²) in [6.45, 7) is 4.41. The van der Waals surface area contributed by atoms with E-state index in [1.54, 1.807) is 18.5 Å². The number of hydrogen-bond donors (Lipinski definition) is 1. The first-order valence-electron chi connectivity index (χ1n) is 7.99. The van der Waals surface area contributed by atoms with Gasteiger partial charge in [0.15, 0.2) is 0 Å². The van der Waals surface area contributed by atoms with Gasteiger partial charge in [0.2, 0.25) is 0 Å². The van der Waals surface area contributed by atoms with Gasteiger partial charge in [0, 0.05) is 24.6 Å². The first kappa shape index (κ1) is 15.5. The van der Waals surface area contributed by atoms with Gasteiger partial charge in [0.05, 0.1) is 6.04 Å². The normalized spacial score (nSPS) is 18.0. The van der Waals surface area contributed by atoms with Crippen molar-refractivity contribution in [1.82, 2.24) is 14.9 Å². The number of carbonyl (C=O) groups excluding carboxylic acids is 1. The fraction of sp³-hybridized carbons (Fsp3) is 0.389. The molecule has 1 saturated heterocycles. The Bertz CT molecular complexity index is 768. The van der Waals surface area contributed by atoms with Crippen molar-refractivity contribution in [3.05, 3.63) is 63.3 Å². The quantitative estimate of drug-likeness (QED) is 0.927. The Morgan fingerprint density at radius 1 is 1.35 bits per heavy atom. The van der Waals surface area contributed by atoms with Crippen molar-refractivity contribution in [1.29, 1.82) is 0 Å². The van der Waals surface area contributed by atoms with Gasteiger partial charge in [-0.25, -0.2) is 0 Å². The predicted molar refractivity (Wildman–Crippen MR) is 88.4 cm³/mol. The highest BCUT2D eigenvalue weighted by Gasteiger charge is 2.30. The second-order valence-electron chi connectivity index (χ2n) is 6.12. The van der Waals surface area contributed by atoms with Crippen LogP contribution in [0.2, 0.25) is 0 Å². The second-order valence-corrected chi connectivity index (χ2v) is 6.12. The average Bonchev–Trinajstić information content (AvgIpc) is 2.58. The predicted octanol–water partition coefficient (Wildman–Crippen LogP) is 2.75. The van der Waals surface area contributed by atoms with Gasteiger partial charge in [-0.1, -0.05) is 6.07 Å². The summed E-state index contributed by atoms with van der Waals surface area (Å²) in [5.74, 6) is -0.192. The molecule has 3 heterocycles. The molecule has 120 valence electrons. The summed E-state index contributed by atoms with van der Waals surface area (Å²) in [5, 5.41) is 0. The third kappa shape index (κ3) is 3.04. The molecule has 0 aliphatic carbocycles. The second kappa shape index (κ2) is 6.36. The van der Waals surface area contributed by atoms with E-state index in [2.05, 4.69) is 9.97 Å². The molecule has 1 aliphatic rings. The molecule has 1 N–H and O–H groups in total. The average molecular weight is 311 g/mol. The molecule has 1 amide bonds. The highest BCUT2D eigenvalue weighted by Crippen LogP contribution is 2.31. The summed E-state index contributed by atoms with van der Waals surface area (Å²) < 4.78 is 0. The van der Waals surface area contributed by atoms with Crippen LogP contribution in [0.1, 0.15) is 52.5 Å². The fourth-order valence-corrected chi connectivity index (χ4v) is 3.13. The lowest BCUT2D eigenvalue weighted by Gasteiger charge is -2.35. The molecule has 5 heteroatoms. The van der Waals surface area contributed by atoms with E-state index in [0.717, 1.165) is 36.1 Å². The van der Waals surface area contributed by atoms with Crippen LogP contribution in [0.3, 0.4) is 0 Å². The maximum atomic E-state index is 13.0. The summed E-state index contributed by atoms with van der Waals surface area (Å²) in [6.07, 6.45) is 6.48. The SMILES string of the molecule is Cc1cc(C(=O)N2CCCCC2c2cccnc2)c(=O)[nH]c1C. The smallest absolute Gasteiger partial charge is 0.261 e. The third-order valence-electron chi connectivity index (χ3n) is 4.56. The van der Waals surface area contributed by atoms with E-state index >= 15 is 0 Å². The Morgan fingerprint density at radius 3 is 2.91 bits per heavy atom. The number of aromatic amines is 1. The standard InChI is InChI=1S/C18H21N3O2/c1-12-10-15(17(22)20-13(12)2)18(23)21-9-4-3-7-16(21)14-6-5-8-19-11-14/h5-6,8,10-11,16H,3-4,7,9H2,1-2H3,(H,20,22). The third-order valence-corrected chi connectivity index (χ3v) is 4.56. The molecule has 2 aromatic heterocycles. The van der Waals surface area contributed by atoms with Crippen LogP contribution in [0.15, 0.2) is 35.4 Å². The summed E-state index contributed by atoms with van der Waals surface area (Å²) in [4.78, 5) is 33.9. The molecule has 0 aromatic carbocycles. The van der Waals surface area contributed by atoms with Crippen LogP contribution in [-0.4, -0.2) is 27.3 Å². The molecule has 0 spiro atoms. The largest absolute Gasteiger partial charge is 0.331 e. The van der Waals surface area contributed by atoms with Gasteiger partial charge in [0.1, 0.15) is 5.56 Å². The van der Waals surface area contributed by atoms with Gasteiger partial charge in [-0.2, -0.15) is 0 Å². The van der Waals surface area contributed by atoms with E-state index < -0.39 is 0 Å². The Labute approximate surface area is 135 Å². The van der Waals surface area contributed by atoms with E-state index in [-0.39, 0.29) is 23.1 Å². The van der Waals surface area contributed by atoms with Crippen LogP contribution < -0.4 is 5.56 Å². The molecular formula is C18H21N3O2. The van der Waals surface area contributed by atoms with Crippen molar-refractivity contribution in [2.45, 2.75) is 39.2 Å². The number of piperidine rings is 1. The van der Waals surface area contributed by atoms with Gasteiger partial charge in [-0.05, 0) is 56.4 Å². The zero-order valence-corrected chi connectivity index (χ0v) is 13.5. The lowest BCUT2D eigenvalue weighted by molar-refractivity contribution is 0.0609. The molecule has 5 nitrogen and oxygen atoms in total. The van der Waals surface area contributed by atoms with E-state index in [9.17, 15) is 9.59 Å². The van der Waals surface area contributed by atoms with E-state index in [1.807, 2.05) is 30.9 Å². The van der Waals surface area contributed by atoms with Crippen LogP contribution in [0.4, 0.5) is 0 Å². The van der Waals surface area contributed by atoms with Gasteiger partial charge in [-0.15, -0.1) is 0 Å². The van der Waals surface area contributed by atoms with Crippen LogP contribution in [0, 0.1) is 13.8 Å². The van der Waals surface area contributed by atoms with Crippen LogP contribution in [0.5, 0.6) is 0 Å². The zero-order chi connectivity index (χ0) is 16.4. The minimum absolute atomic E-state index is 0.00837. The molecule has 23 heavy (non-hydrogen) atoms. The van der Waals surface area contributed by atoms with Crippen molar-refractivity contribution in [3.8, 4) is 0 Å². The minimum Gasteiger partial charge on any atom is -0.331 e. The number of H-pyrrole nitrogens is 1. The molecule has 0 saturated carbocycles.